The van der Waals surface area contributed by atoms with Gasteiger partial charge in [0.25, 0.3) is 0 Å². The van der Waals surface area contributed by atoms with Crippen molar-refractivity contribution in [1.29, 1.82) is 0 Å². The van der Waals surface area contributed by atoms with Crippen LogP contribution < -0.4 is 5.32 Å². The second-order valence-corrected chi connectivity index (χ2v) is 5.31. The standard InChI is InChI=1S/C14H23N3/c1-6-15-13(8-7-9-14(2,3)4)12-10-16-17(5)11-12/h10-11,13,15H,6,8H2,1-5H3. The SMILES string of the molecule is CCNC(CC#CC(C)(C)C)c1cnn(C)c1. The van der Waals surface area contributed by atoms with Gasteiger partial charge in [-0.05, 0) is 27.3 Å². The highest BCUT2D eigenvalue weighted by molar-refractivity contribution is 5.16. The monoisotopic (exact) mass is 233 g/mol. The van der Waals surface area contributed by atoms with E-state index in [4.69, 9.17) is 0 Å². The zero-order chi connectivity index (χ0) is 12.9. The molecule has 0 bridgehead atoms. The summed E-state index contributed by atoms with van der Waals surface area (Å²) in [6.07, 6.45) is 4.79. The summed E-state index contributed by atoms with van der Waals surface area (Å²) in [6, 6.07) is 0.281. The molecule has 1 aromatic rings. The summed E-state index contributed by atoms with van der Waals surface area (Å²) in [4.78, 5) is 0. The molecule has 0 aliphatic heterocycles. The summed E-state index contributed by atoms with van der Waals surface area (Å²) in [6.45, 7) is 9.45. The van der Waals surface area contributed by atoms with Gasteiger partial charge in [-0.25, -0.2) is 0 Å². The number of nitrogens with zero attached hydrogens (tertiary/aromatic N) is 2. The predicted octanol–water partition coefficient (Wildman–Crippen LogP) is 2.51. The van der Waals surface area contributed by atoms with Gasteiger partial charge in [-0.1, -0.05) is 12.8 Å². The quantitative estimate of drug-likeness (QED) is 0.810. The van der Waals surface area contributed by atoms with Gasteiger partial charge in [-0.15, -0.1) is 5.92 Å². The maximum Gasteiger partial charge on any atom is 0.0537 e. The fraction of sp³-hybridized carbons (Fsp3) is 0.643. The Hall–Kier alpha value is -1.27. The molecule has 1 atom stereocenters. The molecule has 94 valence electrons. The largest absolute Gasteiger partial charge is 0.309 e. The normalized spacial score (nSPS) is 13.0. The molecule has 0 aromatic carbocycles. The van der Waals surface area contributed by atoms with Crippen molar-refractivity contribution in [3.8, 4) is 11.8 Å². The first-order chi connectivity index (χ1) is 7.92. The van der Waals surface area contributed by atoms with E-state index >= 15 is 0 Å². The molecular weight excluding hydrogens is 210 g/mol. The lowest BCUT2D eigenvalue weighted by molar-refractivity contribution is 0.554. The fourth-order valence-electron chi connectivity index (χ4n) is 1.59. The van der Waals surface area contributed by atoms with Crippen LogP contribution in [0.5, 0.6) is 0 Å². The summed E-state index contributed by atoms with van der Waals surface area (Å²) < 4.78 is 1.83. The topological polar surface area (TPSA) is 29.9 Å². The van der Waals surface area contributed by atoms with Crippen LogP contribution in [-0.4, -0.2) is 16.3 Å². The van der Waals surface area contributed by atoms with Crippen LogP contribution in [0.3, 0.4) is 0 Å². The molecule has 3 nitrogen and oxygen atoms in total. The lowest BCUT2D eigenvalue weighted by Gasteiger charge is -2.13. The molecule has 1 unspecified atom stereocenters. The number of hydrogen-bond donors (Lipinski definition) is 1. The van der Waals surface area contributed by atoms with E-state index in [1.807, 2.05) is 24.1 Å². The van der Waals surface area contributed by atoms with E-state index < -0.39 is 0 Å². The second-order valence-electron chi connectivity index (χ2n) is 5.31. The third kappa shape index (κ3) is 5.06. The molecule has 0 spiro atoms. The van der Waals surface area contributed by atoms with Crippen molar-refractivity contribution in [3.63, 3.8) is 0 Å². The minimum atomic E-state index is 0.0751. The van der Waals surface area contributed by atoms with Gasteiger partial charge in [0.1, 0.15) is 0 Å². The Morgan fingerprint density at radius 2 is 2.18 bits per heavy atom. The predicted molar refractivity (Wildman–Crippen MR) is 71.5 cm³/mol. The molecule has 1 rings (SSSR count). The van der Waals surface area contributed by atoms with E-state index in [2.05, 4.69) is 50.0 Å². The van der Waals surface area contributed by atoms with Crippen molar-refractivity contribution in [3.05, 3.63) is 18.0 Å². The molecule has 0 saturated heterocycles. The summed E-state index contributed by atoms with van der Waals surface area (Å²) in [7, 11) is 1.94. The van der Waals surface area contributed by atoms with Gasteiger partial charge in [0.15, 0.2) is 0 Å². The number of hydrogen-bond acceptors (Lipinski definition) is 2. The molecule has 3 heteroatoms. The maximum atomic E-state index is 4.21. The van der Waals surface area contributed by atoms with E-state index in [1.54, 1.807) is 0 Å². The van der Waals surface area contributed by atoms with Gasteiger partial charge >= 0.3 is 0 Å². The Morgan fingerprint density at radius 1 is 1.47 bits per heavy atom. The van der Waals surface area contributed by atoms with Crippen LogP contribution in [0.1, 0.15) is 45.7 Å². The van der Waals surface area contributed by atoms with Gasteiger partial charge in [0, 0.05) is 36.7 Å². The molecule has 0 radical (unpaired) electrons. The Kier molecular flexibility index (Phi) is 4.77. The van der Waals surface area contributed by atoms with E-state index in [0.29, 0.717) is 0 Å². The highest BCUT2D eigenvalue weighted by Gasteiger charge is 2.11. The first-order valence-corrected chi connectivity index (χ1v) is 6.14. The molecule has 1 aromatic heterocycles. The molecule has 0 fully saturated rings. The van der Waals surface area contributed by atoms with Crippen molar-refractivity contribution >= 4 is 0 Å². The Balaban J connectivity index is 2.70. The van der Waals surface area contributed by atoms with E-state index in [-0.39, 0.29) is 11.5 Å². The van der Waals surface area contributed by atoms with Crippen LogP contribution >= 0.6 is 0 Å². The molecule has 17 heavy (non-hydrogen) atoms. The van der Waals surface area contributed by atoms with Crippen LogP contribution in [0, 0.1) is 17.3 Å². The molecule has 0 aliphatic carbocycles. The van der Waals surface area contributed by atoms with Crippen molar-refractivity contribution in [1.82, 2.24) is 15.1 Å². The highest BCUT2D eigenvalue weighted by Crippen LogP contribution is 2.16. The lowest BCUT2D eigenvalue weighted by Crippen LogP contribution is -2.20. The van der Waals surface area contributed by atoms with Crippen molar-refractivity contribution < 1.29 is 0 Å². The minimum absolute atomic E-state index is 0.0751. The first-order valence-electron chi connectivity index (χ1n) is 6.14. The number of nitrogens with one attached hydrogen (secondary N) is 1. The lowest BCUT2D eigenvalue weighted by atomic mass is 9.97. The van der Waals surface area contributed by atoms with Gasteiger partial charge in [0.2, 0.25) is 0 Å². The summed E-state index contributed by atoms with van der Waals surface area (Å²) in [5.41, 5.74) is 1.28. The number of aryl methyl sites for hydroxylation is 1. The minimum Gasteiger partial charge on any atom is -0.309 e. The van der Waals surface area contributed by atoms with Gasteiger partial charge in [0.05, 0.1) is 6.20 Å². The average molecular weight is 233 g/mol. The van der Waals surface area contributed by atoms with E-state index in [9.17, 15) is 0 Å². The van der Waals surface area contributed by atoms with Gasteiger partial charge < -0.3 is 5.32 Å². The number of aromatic nitrogens is 2. The van der Waals surface area contributed by atoms with Crippen LogP contribution in [0.25, 0.3) is 0 Å². The van der Waals surface area contributed by atoms with Crippen molar-refractivity contribution in [2.45, 2.75) is 40.2 Å². The molecular formula is C14H23N3. The number of rotatable bonds is 4. The van der Waals surface area contributed by atoms with Crippen LogP contribution in [0.2, 0.25) is 0 Å². The van der Waals surface area contributed by atoms with Crippen molar-refractivity contribution in [2.75, 3.05) is 6.54 Å². The van der Waals surface area contributed by atoms with Crippen LogP contribution in [0.4, 0.5) is 0 Å². The Labute approximate surface area is 105 Å². The summed E-state index contributed by atoms with van der Waals surface area (Å²) in [5.74, 6) is 6.54. The van der Waals surface area contributed by atoms with Crippen LogP contribution in [-0.2, 0) is 7.05 Å². The van der Waals surface area contributed by atoms with Crippen LogP contribution in [0.15, 0.2) is 12.4 Å². The second kappa shape index (κ2) is 5.88. The molecule has 0 saturated carbocycles. The molecule has 1 N–H and O–H groups in total. The maximum absolute atomic E-state index is 4.21. The van der Waals surface area contributed by atoms with Gasteiger partial charge in [-0.2, -0.15) is 5.10 Å². The Bertz CT molecular complexity index is 401. The molecule has 1 heterocycles. The first kappa shape index (κ1) is 13.8. The van der Waals surface area contributed by atoms with Gasteiger partial charge in [-0.3, -0.25) is 4.68 Å². The Morgan fingerprint density at radius 3 is 2.65 bits per heavy atom. The smallest absolute Gasteiger partial charge is 0.0537 e. The molecule has 0 amide bonds. The summed E-state index contributed by atoms with van der Waals surface area (Å²) >= 11 is 0. The zero-order valence-electron chi connectivity index (χ0n) is 11.5. The molecule has 0 aliphatic rings. The highest BCUT2D eigenvalue weighted by atomic mass is 15.2. The third-order valence-electron chi connectivity index (χ3n) is 2.35. The van der Waals surface area contributed by atoms with Crippen molar-refractivity contribution in [2.24, 2.45) is 12.5 Å². The zero-order valence-corrected chi connectivity index (χ0v) is 11.5. The van der Waals surface area contributed by atoms with E-state index in [1.165, 1.54) is 5.56 Å². The average Bonchev–Trinajstić information content (AvgIpc) is 2.62. The summed E-state index contributed by atoms with van der Waals surface area (Å²) in [5, 5.41) is 7.65. The third-order valence-corrected chi connectivity index (χ3v) is 2.35. The van der Waals surface area contributed by atoms with E-state index in [0.717, 1.165) is 13.0 Å². The fourth-order valence-corrected chi connectivity index (χ4v) is 1.59.